The molecule has 2 N–H and O–H groups in total. The van der Waals surface area contributed by atoms with Crippen LogP contribution in [0.15, 0.2) is 34.9 Å². The van der Waals surface area contributed by atoms with E-state index in [1.54, 1.807) is 18.6 Å². The maximum Gasteiger partial charge on any atom is 0.294 e. The smallest absolute Gasteiger partial charge is 0.294 e. The van der Waals surface area contributed by atoms with E-state index in [-0.39, 0.29) is 12.5 Å². The van der Waals surface area contributed by atoms with Gasteiger partial charge in [0.15, 0.2) is 0 Å². The van der Waals surface area contributed by atoms with Gasteiger partial charge in [-0.3, -0.25) is 19.3 Å². The number of carbonyl (C=O) groups excluding carboxylic acids is 3. The van der Waals surface area contributed by atoms with E-state index < -0.39 is 11.1 Å². The van der Waals surface area contributed by atoms with Crippen molar-refractivity contribution in [1.82, 2.24) is 20.2 Å². The highest BCUT2D eigenvalue weighted by Gasteiger charge is 2.36. The monoisotopic (exact) mass is 362 g/mol. The van der Waals surface area contributed by atoms with E-state index in [1.807, 2.05) is 17.5 Å². The van der Waals surface area contributed by atoms with Crippen molar-refractivity contribution in [1.29, 1.82) is 0 Å². The van der Waals surface area contributed by atoms with E-state index in [9.17, 15) is 14.4 Å². The average molecular weight is 362 g/mol. The maximum atomic E-state index is 12.3. The van der Waals surface area contributed by atoms with Crippen LogP contribution in [0.1, 0.15) is 10.6 Å². The van der Waals surface area contributed by atoms with Crippen LogP contribution in [-0.2, 0) is 16.0 Å². The van der Waals surface area contributed by atoms with Crippen molar-refractivity contribution in [3.8, 4) is 0 Å². The first-order valence-electron chi connectivity index (χ1n) is 7.16. The Bertz CT molecular complexity index is 769. The highest BCUT2D eigenvalue weighted by atomic mass is 32.2. The molecule has 0 bridgehead atoms. The molecule has 2 aromatic rings. The number of aromatic amines is 1. The Hall–Kier alpha value is -2.39. The highest BCUT2D eigenvalue weighted by molar-refractivity contribution is 8.18. The van der Waals surface area contributed by atoms with Crippen LogP contribution >= 0.6 is 23.1 Å². The molecule has 3 rings (SSSR count). The number of imidazole rings is 1. The minimum absolute atomic E-state index is 0.268. The lowest BCUT2D eigenvalue weighted by molar-refractivity contribution is -0.129. The molecule has 1 aliphatic rings. The number of nitrogens with one attached hydrogen (secondary N) is 2. The fourth-order valence-corrected chi connectivity index (χ4v) is 3.66. The average Bonchev–Trinajstić information content (AvgIpc) is 3.28. The molecular formula is C15H14N4O3S2. The molecule has 0 aromatic carbocycles. The molecule has 1 saturated heterocycles. The third-order valence-electron chi connectivity index (χ3n) is 3.26. The van der Waals surface area contributed by atoms with Crippen LogP contribution in [0, 0.1) is 0 Å². The molecule has 0 radical (unpaired) electrons. The summed E-state index contributed by atoms with van der Waals surface area (Å²) in [5, 5.41) is 4.16. The largest absolute Gasteiger partial charge is 0.354 e. The second-order valence-electron chi connectivity index (χ2n) is 4.96. The lowest BCUT2D eigenvalue weighted by atomic mass is 10.3. The van der Waals surface area contributed by atoms with Gasteiger partial charge in [-0.1, -0.05) is 6.07 Å². The summed E-state index contributed by atoms with van der Waals surface area (Å²) in [4.78, 5) is 45.2. The zero-order valence-electron chi connectivity index (χ0n) is 12.5. The summed E-state index contributed by atoms with van der Waals surface area (Å²) < 4.78 is 0. The second-order valence-corrected chi connectivity index (χ2v) is 6.93. The van der Waals surface area contributed by atoms with E-state index in [4.69, 9.17) is 0 Å². The first-order chi connectivity index (χ1) is 11.6. The van der Waals surface area contributed by atoms with Gasteiger partial charge in [0.2, 0.25) is 5.91 Å². The number of H-pyrrole nitrogens is 1. The van der Waals surface area contributed by atoms with E-state index in [0.717, 1.165) is 27.2 Å². The summed E-state index contributed by atoms with van der Waals surface area (Å²) in [5.74, 6) is -0.795. The molecule has 0 unspecified atom stereocenters. The van der Waals surface area contributed by atoms with Gasteiger partial charge in [-0.25, -0.2) is 4.98 Å². The maximum absolute atomic E-state index is 12.3. The second kappa shape index (κ2) is 7.45. The Morgan fingerprint density at radius 3 is 3.00 bits per heavy atom. The van der Waals surface area contributed by atoms with Crippen molar-refractivity contribution >= 4 is 46.2 Å². The fourth-order valence-electron chi connectivity index (χ4n) is 2.10. The van der Waals surface area contributed by atoms with Crippen molar-refractivity contribution in [2.24, 2.45) is 0 Å². The number of rotatable bonds is 6. The number of amides is 3. The molecular weight excluding hydrogens is 348 g/mol. The SMILES string of the molecule is O=C(CN1C(=O)SC(=Cc2cccs2)C1=O)NCCc1cnc[nH]1. The van der Waals surface area contributed by atoms with Gasteiger partial charge in [0, 0.05) is 29.7 Å². The van der Waals surface area contributed by atoms with Crippen molar-refractivity contribution < 1.29 is 14.4 Å². The number of imide groups is 1. The lowest BCUT2D eigenvalue weighted by Crippen LogP contribution is -2.40. The van der Waals surface area contributed by atoms with Gasteiger partial charge >= 0.3 is 0 Å². The van der Waals surface area contributed by atoms with Crippen LogP contribution in [0.2, 0.25) is 0 Å². The number of thioether (sulfide) groups is 1. The Balaban J connectivity index is 1.53. The fraction of sp³-hybridized carbons (Fsp3) is 0.200. The Kier molecular flexibility index (Phi) is 5.11. The minimum Gasteiger partial charge on any atom is -0.354 e. The van der Waals surface area contributed by atoms with Crippen molar-refractivity contribution in [2.75, 3.05) is 13.1 Å². The van der Waals surface area contributed by atoms with Crippen molar-refractivity contribution in [3.05, 3.63) is 45.5 Å². The van der Waals surface area contributed by atoms with Crippen molar-refractivity contribution in [3.63, 3.8) is 0 Å². The van der Waals surface area contributed by atoms with Crippen LogP contribution in [0.4, 0.5) is 4.79 Å². The Labute approximate surface area is 146 Å². The van der Waals surface area contributed by atoms with E-state index >= 15 is 0 Å². The summed E-state index contributed by atoms with van der Waals surface area (Å²) >= 11 is 2.33. The Morgan fingerprint density at radius 2 is 2.29 bits per heavy atom. The molecule has 9 heteroatoms. The highest BCUT2D eigenvalue weighted by Crippen LogP contribution is 2.32. The summed E-state index contributed by atoms with van der Waals surface area (Å²) in [5.41, 5.74) is 0.903. The summed E-state index contributed by atoms with van der Waals surface area (Å²) in [6, 6.07) is 3.73. The van der Waals surface area contributed by atoms with E-state index in [0.29, 0.717) is 17.9 Å². The normalized spacial score (nSPS) is 16.2. The summed E-state index contributed by atoms with van der Waals surface area (Å²) in [7, 11) is 0. The van der Waals surface area contributed by atoms with E-state index in [2.05, 4.69) is 15.3 Å². The molecule has 7 nitrogen and oxygen atoms in total. The van der Waals surface area contributed by atoms with Gasteiger partial charge in [-0.05, 0) is 29.3 Å². The number of carbonyl (C=O) groups is 3. The molecule has 3 amide bonds. The molecule has 0 aliphatic carbocycles. The Morgan fingerprint density at radius 1 is 1.42 bits per heavy atom. The van der Waals surface area contributed by atoms with Gasteiger partial charge in [0.05, 0.1) is 11.2 Å². The summed E-state index contributed by atoms with van der Waals surface area (Å²) in [6.45, 7) is 0.137. The zero-order chi connectivity index (χ0) is 16.9. The van der Waals surface area contributed by atoms with Crippen LogP contribution in [-0.4, -0.2) is 45.0 Å². The van der Waals surface area contributed by atoms with Crippen molar-refractivity contribution in [2.45, 2.75) is 6.42 Å². The molecule has 124 valence electrons. The number of aromatic nitrogens is 2. The van der Waals surface area contributed by atoms with Gasteiger partial charge in [0.1, 0.15) is 6.54 Å². The first-order valence-corrected chi connectivity index (χ1v) is 8.86. The molecule has 1 fully saturated rings. The van der Waals surface area contributed by atoms with Crippen LogP contribution in [0.5, 0.6) is 0 Å². The topological polar surface area (TPSA) is 95.2 Å². The lowest BCUT2D eigenvalue weighted by Gasteiger charge is -2.12. The quantitative estimate of drug-likeness (QED) is 0.765. The molecule has 2 aromatic heterocycles. The predicted octanol–water partition coefficient (Wildman–Crippen LogP) is 1.87. The minimum atomic E-state index is -0.429. The molecule has 24 heavy (non-hydrogen) atoms. The molecule has 1 aliphatic heterocycles. The van der Waals surface area contributed by atoms with Gasteiger partial charge in [-0.15, -0.1) is 11.3 Å². The third kappa shape index (κ3) is 3.92. The van der Waals surface area contributed by atoms with Crippen LogP contribution in [0.25, 0.3) is 6.08 Å². The first kappa shape index (κ1) is 16.5. The van der Waals surface area contributed by atoms with Gasteiger partial charge < -0.3 is 10.3 Å². The standard InChI is InChI=1S/C15H14N4O3S2/c20-13(17-4-3-10-7-16-9-18-10)8-19-14(21)12(24-15(19)22)6-11-2-1-5-23-11/h1-2,5-7,9H,3-4,8H2,(H,16,18)(H,17,20). The molecule has 0 saturated carbocycles. The number of thiophene rings is 1. The van der Waals surface area contributed by atoms with Gasteiger partial charge in [0.25, 0.3) is 11.1 Å². The van der Waals surface area contributed by atoms with E-state index in [1.165, 1.54) is 11.3 Å². The predicted molar refractivity (Wildman–Crippen MR) is 92.3 cm³/mol. The van der Waals surface area contributed by atoms with Gasteiger partial charge in [-0.2, -0.15) is 0 Å². The summed E-state index contributed by atoms with van der Waals surface area (Å²) in [6.07, 6.45) is 5.52. The van der Waals surface area contributed by atoms with Crippen LogP contribution < -0.4 is 5.32 Å². The number of nitrogens with zero attached hydrogens (tertiary/aromatic N) is 2. The number of hydrogen-bond donors (Lipinski definition) is 2. The number of hydrogen-bond acceptors (Lipinski definition) is 6. The molecule has 0 atom stereocenters. The van der Waals surface area contributed by atoms with Crippen LogP contribution in [0.3, 0.4) is 0 Å². The third-order valence-corrected chi connectivity index (χ3v) is 4.99. The molecule has 3 heterocycles. The zero-order valence-corrected chi connectivity index (χ0v) is 14.2. The molecule has 0 spiro atoms.